The molecule has 7 heteroatoms. The van der Waals surface area contributed by atoms with Crippen LogP contribution in [-0.2, 0) is 14.8 Å². The summed E-state index contributed by atoms with van der Waals surface area (Å²) in [5.74, 6) is -0.274. The van der Waals surface area contributed by atoms with E-state index in [4.69, 9.17) is 0 Å². The molecule has 1 atom stereocenters. The lowest BCUT2D eigenvalue weighted by Crippen LogP contribution is -2.30. The van der Waals surface area contributed by atoms with Gasteiger partial charge >= 0.3 is 0 Å². The molecule has 0 fully saturated rings. The van der Waals surface area contributed by atoms with Crippen LogP contribution >= 0.6 is 0 Å². The maximum atomic E-state index is 11.9. The summed E-state index contributed by atoms with van der Waals surface area (Å²) in [5.41, 5.74) is 0.983. The molecule has 0 spiro atoms. The molecule has 112 valence electrons. The molecule has 0 bridgehead atoms. The SMILES string of the molecule is CCNCC(C)C(=O)Nc1cccc(NS(C)(=O)=O)c1. The van der Waals surface area contributed by atoms with E-state index in [0.29, 0.717) is 17.9 Å². The average Bonchev–Trinajstić information content (AvgIpc) is 2.34. The van der Waals surface area contributed by atoms with Crippen molar-refractivity contribution in [3.63, 3.8) is 0 Å². The second kappa shape index (κ2) is 7.25. The van der Waals surface area contributed by atoms with Crippen LogP contribution in [0.2, 0.25) is 0 Å². The Kier molecular flexibility index (Phi) is 5.97. The van der Waals surface area contributed by atoms with Crippen molar-refractivity contribution in [3.8, 4) is 0 Å². The smallest absolute Gasteiger partial charge is 0.229 e. The minimum absolute atomic E-state index is 0.109. The Labute approximate surface area is 120 Å². The number of anilines is 2. The van der Waals surface area contributed by atoms with Gasteiger partial charge in [0.25, 0.3) is 0 Å². The lowest BCUT2D eigenvalue weighted by atomic mass is 10.1. The van der Waals surface area contributed by atoms with Gasteiger partial charge in [0.15, 0.2) is 0 Å². The van der Waals surface area contributed by atoms with E-state index in [2.05, 4.69) is 15.4 Å². The van der Waals surface area contributed by atoms with Gasteiger partial charge in [-0.05, 0) is 24.7 Å². The van der Waals surface area contributed by atoms with Crippen molar-refractivity contribution in [1.29, 1.82) is 0 Å². The Balaban J connectivity index is 2.68. The van der Waals surface area contributed by atoms with Crippen molar-refractivity contribution in [2.45, 2.75) is 13.8 Å². The number of hydrogen-bond acceptors (Lipinski definition) is 4. The largest absolute Gasteiger partial charge is 0.326 e. The number of amides is 1. The molecule has 0 aromatic heterocycles. The van der Waals surface area contributed by atoms with Crippen LogP contribution in [0.5, 0.6) is 0 Å². The molecule has 1 aromatic rings. The molecule has 0 saturated carbocycles. The summed E-state index contributed by atoms with van der Waals surface area (Å²) in [6.45, 7) is 5.22. The number of hydrogen-bond donors (Lipinski definition) is 3. The lowest BCUT2D eigenvalue weighted by Gasteiger charge is -2.13. The molecule has 0 aliphatic heterocycles. The summed E-state index contributed by atoms with van der Waals surface area (Å²) in [6.07, 6.45) is 1.08. The zero-order chi connectivity index (χ0) is 15.2. The highest BCUT2D eigenvalue weighted by molar-refractivity contribution is 7.92. The van der Waals surface area contributed by atoms with E-state index >= 15 is 0 Å². The van der Waals surface area contributed by atoms with Gasteiger partial charge in [0.05, 0.1) is 11.9 Å². The van der Waals surface area contributed by atoms with Crippen LogP contribution in [-0.4, -0.2) is 33.7 Å². The quantitative estimate of drug-likeness (QED) is 0.707. The lowest BCUT2D eigenvalue weighted by molar-refractivity contribution is -0.119. The van der Waals surface area contributed by atoms with E-state index in [1.807, 2.05) is 13.8 Å². The minimum Gasteiger partial charge on any atom is -0.326 e. The van der Waals surface area contributed by atoms with Gasteiger partial charge in [0.1, 0.15) is 0 Å². The molecule has 0 aliphatic carbocycles. The van der Waals surface area contributed by atoms with Gasteiger partial charge in [-0.1, -0.05) is 19.9 Å². The van der Waals surface area contributed by atoms with Gasteiger partial charge in [-0.2, -0.15) is 0 Å². The van der Waals surface area contributed by atoms with Crippen LogP contribution in [0.25, 0.3) is 0 Å². The number of carbonyl (C=O) groups excluding carboxylic acids is 1. The zero-order valence-electron chi connectivity index (χ0n) is 11.9. The van der Waals surface area contributed by atoms with Crippen LogP contribution in [0.4, 0.5) is 11.4 Å². The molecule has 0 heterocycles. The van der Waals surface area contributed by atoms with Gasteiger partial charge in [-0.25, -0.2) is 8.42 Å². The highest BCUT2D eigenvalue weighted by Gasteiger charge is 2.12. The molecule has 0 radical (unpaired) electrons. The molecular weight excluding hydrogens is 278 g/mol. The van der Waals surface area contributed by atoms with E-state index in [1.165, 1.54) is 0 Å². The summed E-state index contributed by atoms with van der Waals surface area (Å²) in [6, 6.07) is 6.60. The molecule has 6 nitrogen and oxygen atoms in total. The Hall–Kier alpha value is -1.60. The molecule has 1 rings (SSSR count). The van der Waals surface area contributed by atoms with Gasteiger partial charge in [-0.3, -0.25) is 9.52 Å². The third kappa shape index (κ3) is 6.03. The highest BCUT2D eigenvalue weighted by Crippen LogP contribution is 2.16. The highest BCUT2D eigenvalue weighted by atomic mass is 32.2. The van der Waals surface area contributed by atoms with Crippen LogP contribution in [0.1, 0.15) is 13.8 Å². The first kappa shape index (κ1) is 16.5. The third-order valence-electron chi connectivity index (χ3n) is 2.58. The van der Waals surface area contributed by atoms with Crippen LogP contribution in [0, 0.1) is 5.92 Å². The molecule has 0 saturated heterocycles. The van der Waals surface area contributed by atoms with Crippen molar-refractivity contribution >= 4 is 27.3 Å². The topological polar surface area (TPSA) is 87.3 Å². The number of benzene rings is 1. The van der Waals surface area contributed by atoms with Crippen molar-refractivity contribution in [2.75, 3.05) is 29.4 Å². The molecular formula is C13H21N3O3S. The fourth-order valence-corrected chi connectivity index (χ4v) is 2.15. The third-order valence-corrected chi connectivity index (χ3v) is 3.19. The summed E-state index contributed by atoms with van der Waals surface area (Å²) in [5, 5.41) is 5.87. The maximum absolute atomic E-state index is 11.9. The number of nitrogens with one attached hydrogen (secondary N) is 3. The monoisotopic (exact) mass is 299 g/mol. The summed E-state index contributed by atoms with van der Waals surface area (Å²) in [4.78, 5) is 11.9. The first-order valence-corrected chi connectivity index (χ1v) is 8.30. The fraction of sp³-hybridized carbons (Fsp3) is 0.462. The summed E-state index contributed by atoms with van der Waals surface area (Å²) >= 11 is 0. The van der Waals surface area contributed by atoms with E-state index in [9.17, 15) is 13.2 Å². The minimum atomic E-state index is -3.32. The molecule has 20 heavy (non-hydrogen) atoms. The van der Waals surface area contributed by atoms with Crippen LogP contribution < -0.4 is 15.4 Å². The van der Waals surface area contributed by atoms with Gasteiger partial charge in [0, 0.05) is 18.2 Å². The Morgan fingerprint density at radius 3 is 2.55 bits per heavy atom. The number of rotatable bonds is 7. The van der Waals surface area contributed by atoms with Crippen LogP contribution in [0.3, 0.4) is 0 Å². The Morgan fingerprint density at radius 2 is 1.95 bits per heavy atom. The first-order chi connectivity index (χ1) is 9.31. The predicted octanol–water partition coefficient (Wildman–Crippen LogP) is 1.24. The summed E-state index contributed by atoms with van der Waals surface area (Å²) in [7, 11) is -3.32. The van der Waals surface area contributed by atoms with Crippen molar-refractivity contribution < 1.29 is 13.2 Å². The average molecular weight is 299 g/mol. The standard InChI is InChI=1S/C13H21N3O3S/c1-4-14-9-10(2)13(17)15-11-6-5-7-12(8-11)16-20(3,18)19/h5-8,10,14,16H,4,9H2,1-3H3,(H,15,17). The summed E-state index contributed by atoms with van der Waals surface area (Å²) < 4.78 is 24.7. The van der Waals surface area contributed by atoms with Gasteiger partial charge < -0.3 is 10.6 Å². The second-order valence-corrected chi connectivity index (χ2v) is 6.40. The zero-order valence-corrected chi connectivity index (χ0v) is 12.8. The number of sulfonamides is 1. The second-order valence-electron chi connectivity index (χ2n) is 4.65. The molecule has 0 aliphatic rings. The molecule has 1 amide bonds. The van der Waals surface area contributed by atoms with Crippen LogP contribution in [0.15, 0.2) is 24.3 Å². The molecule has 1 unspecified atom stereocenters. The van der Waals surface area contributed by atoms with E-state index in [1.54, 1.807) is 24.3 Å². The fourth-order valence-electron chi connectivity index (χ4n) is 1.59. The van der Waals surface area contributed by atoms with Gasteiger partial charge in [0.2, 0.25) is 15.9 Å². The molecule has 1 aromatic carbocycles. The normalized spacial score (nSPS) is 12.8. The predicted molar refractivity (Wildman–Crippen MR) is 81.2 cm³/mol. The maximum Gasteiger partial charge on any atom is 0.229 e. The van der Waals surface area contributed by atoms with Crippen molar-refractivity contribution in [1.82, 2.24) is 5.32 Å². The van der Waals surface area contributed by atoms with Crippen molar-refractivity contribution in [2.24, 2.45) is 5.92 Å². The van der Waals surface area contributed by atoms with E-state index in [0.717, 1.165) is 12.8 Å². The molecule has 3 N–H and O–H groups in total. The Morgan fingerprint density at radius 1 is 1.30 bits per heavy atom. The van der Waals surface area contributed by atoms with E-state index in [-0.39, 0.29) is 11.8 Å². The van der Waals surface area contributed by atoms with Crippen molar-refractivity contribution in [3.05, 3.63) is 24.3 Å². The first-order valence-electron chi connectivity index (χ1n) is 6.41. The Bertz CT molecular complexity index is 558. The van der Waals surface area contributed by atoms with Gasteiger partial charge in [-0.15, -0.1) is 0 Å². The van der Waals surface area contributed by atoms with E-state index < -0.39 is 10.0 Å². The number of carbonyl (C=O) groups is 1.